The van der Waals surface area contributed by atoms with Crippen LogP contribution in [0.25, 0.3) is 0 Å². The Bertz CT molecular complexity index is 1580. The molecule has 52 heavy (non-hydrogen) atoms. The van der Waals surface area contributed by atoms with Crippen molar-refractivity contribution in [1.29, 1.82) is 0 Å². The van der Waals surface area contributed by atoms with Crippen molar-refractivity contribution < 1.29 is 48.0 Å². The number of nitrogens with zero attached hydrogens (tertiary/aromatic N) is 2. The second-order valence-electron chi connectivity index (χ2n) is 13.6. The first kappa shape index (κ1) is 41.8. The van der Waals surface area contributed by atoms with Gasteiger partial charge in [0.2, 0.25) is 11.8 Å². The van der Waals surface area contributed by atoms with Gasteiger partial charge < -0.3 is 38.6 Å². The zero-order chi connectivity index (χ0) is 38.5. The first-order valence-corrected chi connectivity index (χ1v) is 20.1. The van der Waals surface area contributed by atoms with Gasteiger partial charge in [0, 0.05) is 45.7 Å². The number of amides is 3. The summed E-state index contributed by atoms with van der Waals surface area (Å²) >= 11 is 6.75. The number of benzene rings is 1. The van der Waals surface area contributed by atoms with Crippen molar-refractivity contribution in [3.63, 3.8) is 0 Å². The lowest BCUT2D eigenvalue weighted by atomic mass is 9.83. The molecule has 0 aromatic heterocycles. The van der Waals surface area contributed by atoms with Crippen molar-refractivity contribution in [1.82, 2.24) is 10.2 Å². The highest BCUT2D eigenvalue weighted by atomic mass is 35.5. The lowest BCUT2D eigenvalue weighted by Crippen LogP contribution is -2.63. The van der Waals surface area contributed by atoms with E-state index in [0.717, 1.165) is 11.1 Å². The molecule has 0 spiro atoms. The fraction of sp³-hybridized carbons (Fsp3) is 0.611. The van der Waals surface area contributed by atoms with Crippen LogP contribution in [0.4, 0.5) is 10.5 Å². The fourth-order valence-electron chi connectivity index (χ4n) is 6.61. The first-order valence-electron chi connectivity index (χ1n) is 17.0. The minimum atomic E-state index is -1.82. The minimum Gasteiger partial charge on any atom is -0.495 e. The van der Waals surface area contributed by atoms with Crippen molar-refractivity contribution in [3.8, 4) is 5.75 Å². The van der Waals surface area contributed by atoms with E-state index in [1.54, 1.807) is 73.7 Å². The van der Waals surface area contributed by atoms with E-state index >= 15 is 0 Å². The SMILES string of the molecule is COc1cc2cc(c1Cl)N(C)C(=O)C[C@H](OC(=O)[C@H](C)N(C)C(=O)CCSSC)[C@]1(C)O[C@H]1[C@H](C)[C@@H]1C[C@@](O)(NC(=O)O1)[C@H](OC)/C=C/C=C(C)C2. The number of hydrogen-bond donors (Lipinski definition) is 2. The number of methoxy groups -OCH3 is 2. The van der Waals surface area contributed by atoms with Gasteiger partial charge in [0.25, 0.3) is 0 Å². The van der Waals surface area contributed by atoms with Crippen molar-refractivity contribution >= 4 is 62.8 Å². The van der Waals surface area contributed by atoms with Gasteiger partial charge in [-0.1, -0.05) is 63.9 Å². The highest BCUT2D eigenvalue weighted by Gasteiger charge is 2.64. The monoisotopic (exact) mass is 783 g/mol. The fourth-order valence-corrected chi connectivity index (χ4v) is 8.09. The first-order chi connectivity index (χ1) is 24.5. The maximum Gasteiger partial charge on any atom is 0.409 e. The number of carbonyl (C=O) groups is 4. The molecular weight excluding hydrogens is 734 g/mol. The van der Waals surface area contributed by atoms with Crippen LogP contribution in [-0.2, 0) is 39.8 Å². The van der Waals surface area contributed by atoms with E-state index in [2.05, 4.69) is 5.32 Å². The molecule has 0 unspecified atom stereocenters. The Hall–Kier alpha value is -2.95. The van der Waals surface area contributed by atoms with Crippen LogP contribution >= 0.6 is 33.2 Å². The molecule has 3 aliphatic heterocycles. The quantitative estimate of drug-likeness (QED) is 0.151. The number of ether oxygens (including phenoxy) is 5. The number of carbonyl (C=O) groups excluding carboxylic acids is 4. The van der Waals surface area contributed by atoms with Gasteiger partial charge in [-0.05, 0) is 51.1 Å². The van der Waals surface area contributed by atoms with Gasteiger partial charge in [0.05, 0.1) is 25.3 Å². The Kier molecular flexibility index (Phi) is 14.0. The number of likely N-dealkylation sites (N-methyl/N-ethyl adjacent to an activating group) is 1. The molecule has 0 radical (unpaired) electrons. The predicted octanol–water partition coefficient (Wildman–Crippen LogP) is 4.92. The number of hydrogen-bond acceptors (Lipinski definition) is 12. The van der Waals surface area contributed by atoms with Crippen LogP contribution in [0.1, 0.15) is 52.5 Å². The Morgan fingerprint density at radius 1 is 1.27 bits per heavy atom. The van der Waals surface area contributed by atoms with E-state index in [0.29, 0.717) is 23.6 Å². The van der Waals surface area contributed by atoms with Crippen LogP contribution in [0, 0.1) is 5.92 Å². The molecule has 16 heteroatoms. The lowest BCUT2D eigenvalue weighted by molar-refractivity contribution is -0.161. The molecule has 1 aromatic carbocycles. The molecule has 4 bridgehead atoms. The lowest BCUT2D eigenvalue weighted by Gasteiger charge is -2.42. The Morgan fingerprint density at radius 2 is 1.98 bits per heavy atom. The molecule has 3 heterocycles. The van der Waals surface area contributed by atoms with E-state index in [1.807, 2.05) is 19.3 Å². The Labute approximate surface area is 318 Å². The standard InChI is InChI=1S/C36H50ClN3O10S2/c1-20-11-10-12-27(47-8)36(45)19-26(48-34(44)38-36)21(2)32-35(4,50-32)28(49-33(43)22(3)39(5)29(41)13-14-52-51-9)18-30(42)40(6)24-16-23(15-20)17-25(46-7)31(24)37/h10-12,16-17,21-22,26-28,32,45H,13-15,18-19H2,1-9H3,(H,38,44)/b12-10+,20-11?/t21-,22+,26+,27-,28+,32+,35+,36+/m1/s1. The molecule has 2 N–H and O–H groups in total. The van der Waals surface area contributed by atoms with Gasteiger partial charge in [-0.25, -0.2) is 9.59 Å². The molecule has 288 valence electrons. The van der Waals surface area contributed by atoms with Crippen molar-refractivity contribution in [2.45, 2.75) is 95.2 Å². The molecule has 4 rings (SSSR count). The summed E-state index contributed by atoms with van der Waals surface area (Å²) in [5.74, 6) is -0.916. The second-order valence-corrected chi connectivity index (χ2v) is 16.7. The summed E-state index contributed by atoms with van der Waals surface area (Å²) in [6, 6.07) is 2.63. The zero-order valence-corrected chi connectivity index (χ0v) is 33.5. The number of epoxide rings is 1. The van der Waals surface area contributed by atoms with Gasteiger partial charge in [-0.15, -0.1) is 0 Å². The number of aliphatic hydroxyl groups is 1. The van der Waals surface area contributed by atoms with Gasteiger partial charge in [-0.2, -0.15) is 0 Å². The van der Waals surface area contributed by atoms with E-state index in [1.165, 1.54) is 31.1 Å². The average Bonchev–Trinajstić information content (AvgIpc) is 3.80. The van der Waals surface area contributed by atoms with E-state index in [9.17, 15) is 24.3 Å². The number of rotatable bonds is 9. The molecule has 1 aromatic rings. The third kappa shape index (κ3) is 9.40. The molecular formula is C36H50ClN3O10S2. The molecule has 2 saturated heterocycles. The third-order valence-corrected chi connectivity index (χ3v) is 12.2. The summed E-state index contributed by atoms with van der Waals surface area (Å²) in [6.07, 6.45) is 3.17. The second kappa shape index (κ2) is 17.5. The smallest absolute Gasteiger partial charge is 0.409 e. The van der Waals surface area contributed by atoms with Crippen molar-refractivity contribution in [3.05, 3.63) is 46.5 Å². The van der Waals surface area contributed by atoms with Crippen LogP contribution in [0.2, 0.25) is 5.02 Å². The predicted molar refractivity (Wildman–Crippen MR) is 202 cm³/mol. The number of esters is 1. The minimum absolute atomic E-state index is 0.0452. The van der Waals surface area contributed by atoms with Crippen molar-refractivity contribution in [2.75, 3.05) is 45.2 Å². The third-order valence-electron chi connectivity index (χ3n) is 10.0. The topological polar surface area (TPSA) is 156 Å². The van der Waals surface area contributed by atoms with E-state index < -0.39 is 65.7 Å². The highest BCUT2D eigenvalue weighted by Crippen LogP contribution is 2.49. The van der Waals surface area contributed by atoms with Crippen LogP contribution in [0.15, 0.2) is 35.9 Å². The van der Waals surface area contributed by atoms with Gasteiger partial charge >= 0.3 is 12.1 Å². The molecule has 0 saturated carbocycles. The molecule has 0 aliphatic carbocycles. The molecule has 13 nitrogen and oxygen atoms in total. The summed E-state index contributed by atoms with van der Waals surface area (Å²) in [7, 11) is 9.14. The number of alkyl carbamates (subject to hydrolysis) is 1. The summed E-state index contributed by atoms with van der Waals surface area (Å²) in [6.45, 7) is 7.02. The number of anilines is 1. The maximum atomic E-state index is 14.1. The summed E-state index contributed by atoms with van der Waals surface area (Å²) < 4.78 is 29.2. The van der Waals surface area contributed by atoms with E-state index in [-0.39, 0.29) is 30.2 Å². The van der Waals surface area contributed by atoms with Crippen LogP contribution < -0.4 is 15.0 Å². The average molecular weight is 784 g/mol. The molecule has 3 amide bonds. The maximum absolute atomic E-state index is 14.1. The molecule has 8 atom stereocenters. The molecule has 3 aliphatic rings. The van der Waals surface area contributed by atoms with Crippen LogP contribution in [0.3, 0.4) is 0 Å². The summed E-state index contributed by atoms with van der Waals surface area (Å²) in [5.41, 5.74) is -0.884. The van der Waals surface area contributed by atoms with Gasteiger partial charge in [0.1, 0.15) is 40.7 Å². The highest BCUT2D eigenvalue weighted by molar-refractivity contribution is 8.76. The largest absolute Gasteiger partial charge is 0.495 e. The number of fused-ring (bicyclic) bond motifs is 5. The normalized spacial score (nSPS) is 30.6. The summed E-state index contributed by atoms with van der Waals surface area (Å²) in [4.78, 5) is 56.2. The molecule has 2 fully saturated rings. The van der Waals surface area contributed by atoms with Crippen LogP contribution in [-0.4, -0.2) is 116 Å². The van der Waals surface area contributed by atoms with Gasteiger partial charge in [0.15, 0.2) is 5.72 Å². The Morgan fingerprint density at radius 3 is 2.63 bits per heavy atom. The van der Waals surface area contributed by atoms with Crippen molar-refractivity contribution in [2.24, 2.45) is 5.92 Å². The Balaban J connectivity index is 1.74. The number of nitrogens with one attached hydrogen (secondary N) is 1. The number of allylic oxidation sites excluding steroid dienone is 3. The van der Waals surface area contributed by atoms with Crippen LogP contribution in [0.5, 0.6) is 5.75 Å². The number of halogens is 1. The van der Waals surface area contributed by atoms with E-state index in [4.69, 9.17) is 35.3 Å². The van der Waals surface area contributed by atoms with Gasteiger partial charge in [-0.3, -0.25) is 14.9 Å². The summed E-state index contributed by atoms with van der Waals surface area (Å²) in [5, 5.41) is 14.5. The zero-order valence-electron chi connectivity index (χ0n) is 31.1.